The van der Waals surface area contributed by atoms with Gasteiger partial charge < -0.3 is 10.6 Å². The van der Waals surface area contributed by atoms with E-state index in [1.54, 1.807) is 0 Å². The van der Waals surface area contributed by atoms with Crippen molar-refractivity contribution in [3.8, 4) is 0 Å². The Morgan fingerprint density at radius 3 is 2.72 bits per heavy atom. The Bertz CT molecular complexity index is 423. The van der Waals surface area contributed by atoms with Gasteiger partial charge in [-0.15, -0.1) is 0 Å². The lowest BCUT2D eigenvalue weighted by molar-refractivity contribution is -0.137. The molecule has 3 nitrogen and oxygen atoms in total. The van der Waals surface area contributed by atoms with Gasteiger partial charge in [-0.1, -0.05) is 11.6 Å². The Labute approximate surface area is 103 Å². The van der Waals surface area contributed by atoms with Gasteiger partial charge in [-0.05, 0) is 25.1 Å². The van der Waals surface area contributed by atoms with E-state index >= 15 is 0 Å². The Hall–Kier alpha value is -1.56. The minimum absolute atomic E-state index is 0.461. The van der Waals surface area contributed by atoms with E-state index in [4.69, 9.17) is 0 Å². The van der Waals surface area contributed by atoms with Crippen LogP contribution in [0.2, 0.25) is 0 Å². The fourth-order valence-electron chi connectivity index (χ4n) is 1.70. The minimum atomic E-state index is -4.33. The fraction of sp³-hybridized carbons (Fsp3) is 0.417. The van der Waals surface area contributed by atoms with E-state index in [1.165, 1.54) is 11.6 Å². The van der Waals surface area contributed by atoms with Crippen LogP contribution in [0.25, 0.3) is 0 Å². The molecule has 2 N–H and O–H groups in total. The Morgan fingerprint density at radius 2 is 2.17 bits per heavy atom. The average Bonchev–Trinajstić information content (AvgIpc) is 2.37. The van der Waals surface area contributed by atoms with Gasteiger partial charge in [0.05, 0.1) is 5.56 Å². The predicted molar refractivity (Wildman–Crippen MR) is 63.3 cm³/mol. The SMILES string of the molecule is FC(F)(F)c1ccc(NCC2=CCNCC2)nc1. The maximum atomic E-state index is 12.3. The molecule has 0 saturated carbocycles. The number of alkyl halides is 3. The van der Waals surface area contributed by atoms with Crippen LogP contribution in [-0.4, -0.2) is 24.6 Å². The molecule has 0 saturated heterocycles. The summed E-state index contributed by atoms with van der Waals surface area (Å²) in [6, 6.07) is 2.39. The van der Waals surface area contributed by atoms with E-state index in [2.05, 4.69) is 21.7 Å². The highest BCUT2D eigenvalue weighted by molar-refractivity contribution is 5.38. The predicted octanol–water partition coefficient (Wildman–Crippen LogP) is 2.43. The first-order chi connectivity index (χ1) is 8.55. The summed E-state index contributed by atoms with van der Waals surface area (Å²) in [6.07, 6.45) is -0.448. The molecule has 2 heterocycles. The summed E-state index contributed by atoms with van der Waals surface area (Å²) in [5.74, 6) is 0.461. The van der Waals surface area contributed by atoms with Crippen LogP contribution >= 0.6 is 0 Å². The summed E-state index contributed by atoms with van der Waals surface area (Å²) in [4.78, 5) is 3.76. The van der Waals surface area contributed by atoms with Gasteiger partial charge >= 0.3 is 6.18 Å². The molecule has 0 aromatic carbocycles. The fourth-order valence-corrected chi connectivity index (χ4v) is 1.70. The topological polar surface area (TPSA) is 37.0 Å². The Kier molecular flexibility index (Phi) is 3.86. The van der Waals surface area contributed by atoms with Crippen molar-refractivity contribution in [2.75, 3.05) is 25.0 Å². The van der Waals surface area contributed by atoms with Gasteiger partial charge in [0.15, 0.2) is 0 Å². The van der Waals surface area contributed by atoms with Gasteiger partial charge in [0.1, 0.15) is 5.82 Å². The van der Waals surface area contributed by atoms with Crippen molar-refractivity contribution in [1.29, 1.82) is 0 Å². The number of hydrogen-bond donors (Lipinski definition) is 2. The van der Waals surface area contributed by atoms with Crippen molar-refractivity contribution in [2.24, 2.45) is 0 Å². The van der Waals surface area contributed by atoms with Crippen molar-refractivity contribution in [3.05, 3.63) is 35.5 Å². The molecule has 0 atom stereocenters. The van der Waals surface area contributed by atoms with Crippen LogP contribution in [0, 0.1) is 0 Å². The number of aromatic nitrogens is 1. The highest BCUT2D eigenvalue weighted by Gasteiger charge is 2.30. The molecular formula is C12H14F3N3. The zero-order valence-electron chi connectivity index (χ0n) is 9.72. The lowest BCUT2D eigenvalue weighted by atomic mass is 10.1. The van der Waals surface area contributed by atoms with Crippen LogP contribution in [0.3, 0.4) is 0 Å². The van der Waals surface area contributed by atoms with Crippen LogP contribution in [0.5, 0.6) is 0 Å². The zero-order valence-corrected chi connectivity index (χ0v) is 9.72. The van der Waals surface area contributed by atoms with Crippen LogP contribution in [-0.2, 0) is 6.18 Å². The molecule has 18 heavy (non-hydrogen) atoms. The first-order valence-corrected chi connectivity index (χ1v) is 5.71. The third-order valence-electron chi connectivity index (χ3n) is 2.75. The molecule has 0 unspecified atom stereocenters. The Balaban J connectivity index is 1.92. The number of nitrogens with zero attached hydrogens (tertiary/aromatic N) is 1. The Morgan fingerprint density at radius 1 is 1.33 bits per heavy atom. The zero-order chi connectivity index (χ0) is 13.0. The second kappa shape index (κ2) is 5.39. The molecule has 0 amide bonds. The second-order valence-corrected chi connectivity index (χ2v) is 4.10. The van der Waals surface area contributed by atoms with Crippen molar-refractivity contribution in [3.63, 3.8) is 0 Å². The quantitative estimate of drug-likeness (QED) is 0.817. The number of pyridine rings is 1. The van der Waals surface area contributed by atoms with Gasteiger partial charge in [0.25, 0.3) is 0 Å². The highest BCUT2D eigenvalue weighted by atomic mass is 19.4. The molecule has 2 rings (SSSR count). The largest absolute Gasteiger partial charge is 0.417 e. The summed E-state index contributed by atoms with van der Waals surface area (Å²) in [7, 11) is 0. The molecule has 1 aromatic rings. The van der Waals surface area contributed by atoms with Crippen molar-refractivity contribution < 1.29 is 13.2 Å². The smallest absolute Gasteiger partial charge is 0.366 e. The molecule has 0 radical (unpaired) electrons. The van der Waals surface area contributed by atoms with Gasteiger partial charge in [0.2, 0.25) is 0 Å². The van der Waals surface area contributed by atoms with Gasteiger partial charge in [-0.25, -0.2) is 4.98 Å². The minimum Gasteiger partial charge on any atom is -0.366 e. The van der Waals surface area contributed by atoms with E-state index in [-0.39, 0.29) is 0 Å². The molecule has 1 aliphatic heterocycles. The number of hydrogen-bond acceptors (Lipinski definition) is 3. The number of rotatable bonds is 3. The number of nitrogens with one attached hydrogen (secondary N) is 2. The second-order valence-electron chi connectivity index (χ2n) is 4.10. The molecule has 0 aliphatic carbocycles. The molecule has 0 bridgehead atoms. The first kappa shape index (κ1) is 12.9. The molecule has 98 valence electrons. The standard InChI is InChI=1S/C12H14F3N3/c13-12(14,15)10-1-2-11(18-8-10)17-7-9-3-5-16-6-4-9/h1-3,8,16H,4-7H2,(H,17,18). The van der Waals surface area contributed by atoms with E-state index < -0.39 is 11.7 Å². The summed E-state index contributed by atoms with van der Waals surface area (Å²) >= 11 is 0. The summed E-state index contributed by atoms with van der Waals surface area (Å²) in [6.45, 7) is 2.41. The molecule has 1 aliphatic rings. The number of halogens is 3. The molecular weight excluding hydrogens is 243 g/mol. The lowest BCUT2D eigenvalue weighted by Crippen LogP contribution is -2.23. The van der Waals surface area contributed by atoms with E-state index in [0.29, 0.717) is 12.4 Å². The van der Waals surface area contributed by atoms with E-state index in [9.17, 15) is 13.2 Å². The van der Waals surface area contributed by atoms with Gasteiger partial charge in [0, 0.05) is 19.3 Å². The first-order valence-electron chi connectivity index (χ1n) is 5.71. The van der Waals surface area contributed by atoms with Gasteiger partial charge in [-0.2, -0.15) is 13.2 Å². The molecule has 0 fully saturated rings. The monoisotopic (exact) mass is 257 g/mol. The highest BCUT2D eigenvalue weighted by Crippen LogP contribution is 2.28. The molecule has 1 aromatic heterocycles. The van der Waals surface area contributed by atoms with Crippen LogP contribution < -0.4 is 10.6 Å². The summed E-state index contributed by atoms with van der Waals surface area (Å²) in [5, 5.41) is 6.21. The summed E-state index contributed by atoms with van der Waals surface area (Å²) in [5.41, 5.74) is 0.518. The van der Waals surface area contributed by atoms with E-state index in [1.807, 2.05) is 0 Å². The lowest BCUT2D eigenvalue weighted by Gasteiger charge is -2.15. The van der Waals surface area contributed by atoms with Crippen LogP contribution in [0.15, 0.2) is 30.0 Å². The maximum Gasteiger partial charge on any atom is 0.417 e. The third kappa shape index (κ3) is 3.46. The van der Waals surface area contributed by atoms with Crippen molar-refractivity contribution in [1.82, 2.24) is 10.3 Å². The third-order valence-corrected chi connectivity index (χ3v) is 2.75. The maximum absolute atomic E-state index is 12.3. The normalized spacial score (nSPS) is 16.3. The molecule has 0 spiro atoms. The van der Waals surface area contributed by atoms with Crippen molar-refractivity contribution >= 4 is 5.82 Å². The van der Waals surface area contributed by atoms with E-state index in [0.717, 1.165) is 31.8 Å². The molecule has 6 heteroatoms. The number of anilines is 1. The summed E-state index contributed by atoms with van der Waals surface area (Å²) < 4.78 is 37.0. The average molecular weight is 257 g/mol. The van der Waals surface area contributed by atoms with Gasteiger partial charge in [-0.3, -0.25) is 0 Å². The van der Waals surface area contributed by atoms with Crippen LogP contribution in [0.1, 0.15) is 12.0 Å². The van der Waals surface area contributed by atoms with Crippen LogP contribution in [0.4, 0.5) is 19.0 Å². The van der Waals surface area contributed by atoms with Crippen molar-refractivity contribution in [2.45, 2.75) is 12.6 Å².